The van der Waals surface area contributed by atoms with Gasteiger partial charge in [0, 0.05) is 18.3 Å². The van der Waals surface area contributed by atoms with Crippen LogP contribution in [-0.4, -0.2) is 26.1 Å². The van der Waals surface area contributed by atoms with Crippen LogP contribution in [0.2, 0.25) is 0 Å². The second-order valence-corrected chi connectivity index (χ2v) is 5.58. The zero-order chi connectivity index (χ0) is 16.9. The monoisotopic (exact) mass is 366 g/mol. The molecular weight excluding hydrogens is 347 g/mol. The van der Waals surface area contributed by atoms with E-state index in [9.17, 15) is 9.18 Å². The van der Waals surface area contributed by atoms with Crippen LogP contribution in [0.25, 0.3) is 0 Å². The Balaban J connectivity index is 0.00000225. The summed E-state index contributed by atoms with van der Waals surface area (Å²) in [6.45, 7) is 1.49. The fourth-order valence-corrected chi connectivity index (χ4v) is 2.61. The summed E-state index contributed by atoms with van der Waals surface area (Å²) in [7, 11) is 1.52. The zero-order valence-electron chi connectivity index (χ0n) is 13.8. The molecule has 3 rings (SSSR count). The van der Waals surface area contributed by atoms with Crippen molar-refractivity contribution in [3.05, 3.63) is 48.3 Å². The van der Waals surface area contributed by atoms with Gasteiger partial charge in [-0.3, -0.25) is 4.79 Å². The van der Waals surface area contributed by atoms with Crippen LogP contribution in [0.1, 0.15) is 6.42 Å². The van der Waals surface area contributed by atoms with Crippen LogP contribution < -0.4 is 20.1 Å². The highest BCUT2D eigenvalue weighted by Gasteiger charge is 2.22. The molecule has 2 aromatic rings. The number of halogens is 2. The van der Waals surface area contributed by atoms with Crippen LogP contribution >= 0.6 is 12.4 Å². The van der Waals surface area contributed by atoms with Gasteiger partial charge in [0.1, 0.15) is 0 Å². The molecule has 0 saturated carbocycles. The molecule has 1 heterocycles. The third-order valence-electron chi connectivity index (χ3n) is 3.92. The minimum Gasteiger partial charge on any atom is -0.493 e. The molecular formula is C18H20ClFN2O3. The minimum absolute atomic E-state index is 0. The number of amides is 1. The number of hydrogen-bond donors (Lipinski definition) is 2. The van der Waals surface area contributed by atoms with Gasteiger partial charge in [-0.25, -0.2) is 4.39 Å². The number of benzene rings is 2. The fourth-order valence-electron chi connectivity index (χ4n) is 2.61. The van der Waals surface area contributed by atoms with E-state index in [1.54, 1.807) is 30.3 Å². The number of ether oxygens (including phenoxy) is 2. The summed E-state index contributed by atoms with van der Waals surface area (Å²) in [6.07, 6.45) is 0.795. The molecule has 1 amide bonds. The lowest BCUT2D eigenvalue weighted by Gasteiger charge is -2.13. The van der Waals surface area contributed by atoms with Gasteiger partial charge in [0.05, 0.1) is 13.0 Å². The number of rotatable bonds is 5. The maximum Gasteiger partial charge on any atom is 0.228 e. The number of para-hydroxylation sites is 2. The summed E-state index contributed by atoms with van der Waals surface area (Å²) in [5.74, 6) is 0.286. The van der Waals surface area contributed by atoms with E-state index in [0.29, 0.717) is 23.7 Å². The molecule has 0 aromatic heterocycles. The molecule has 1 saturated heterocycles. The van der Waals surface area contributed by atoms with Crippen molar-refractivity contribution < 1.29 is 18.7 Å². The first-order valence-corrected chi connectivity index (χ1v) is 7.79. The van der Waals surface area contributed by atoms with Gasteiger partial charge in [0.15, 0.2) is 23.1 Å². The Morgan fingerprint density at radius 3 is 2.60 bits per heavy atom. The van der Waals surface area contributed by atoms with Crippen LogP contribution in [-0.2, 0) is 4.79 Å². The van der Waals surface area contributed by atoms with E-state index < -0.39 is 5.82 Å². The molecule has 1 unspecified atom stereocenters. The van der Waals surface area contributed by atoms with Crippen molar-refractivity contribution in [2.75, 3.05) is 25.5 Å². The highest BCUT2D eigenvalue weighted by atomic mass is 35.5. The van der Waals surface area contributed by atoms with Crippen molar-refractivity contribution in [2.45, 2.75) is 6.42 Å². The first kappa shape index (κ1) is 19.0. The van der Waals surface area contributed by atoms with Crippen LogP contribution in [0.4, 0.5) is 10.1 Å². The lowest BCUT2D eigenvalue weighted by Crippen LogP contribution is -2.24. The molecule has 1 atom stereocenters. The van der Waals surface area contributed by atoms with E-state index in [-0.39, 0.29) is 30.0 Å². The van der Waals surface area contributed by atoms with Gasteiger partial charge in [-0.2, -0.15) is 0 Å². The van der Waals surface area contributed by atoms with Crippen molar-refractivity contribution in [3.63, 3.8) is 0 Å². The van der Waals surface area contributed by atoms with Crippen LogP contribution in [0.15, 0.2) is 42.5 Å². The number of carbonyl (C=O) groups excluding carboxylic acids is 1. The normalized spacial score (nSPS) is 16.0. The maximum atomic E-state index is 14.3. The summed E-state index contributed by atoms with van der Waals surface area (Å²) < 4.78 is 25.0. The summed E-state index contributed by atoms with van der Waals surface area (Å²) in [6, 6.07) is 11.4. The molecule has 134 valence electrons. The highest BCUT2D eigenvalue weighted by Crippen LogP contribution is 2.33. The second kappa shape index (κ2) is 8.69. The minimum atomic E-state index is -0.553. The van der Waals surface area contributed by atoms with E-state index in [2.05, 4.69) is 10.6 Å². The molecule has 2 N–H and O–H groups in total. The number of hydrogen-bond acceptors (Lipinski definition) is 4. The lowest BCUT2D eigenvalue weighted by molar-refractivity contribution is -0.119. The molecule has 1 aliphatic heterocycles. The van der Waals surface area contributed by atoms with E-state index in [1.165, 1.54) is 19.2 Å². The van der Waals surface area contributed by atoms with E-state index >= 15 is 0 Å². The molecule has 0 spiro atoms. The summed E-state index contributed by atoms with van der Waals surface area (Å²) in [5, 5.41) is 5.87. The Morgan fingerprint density at radius 2 is 1.96 bits per heavy atom. The third-order valence-corrected chi connectivity index (χ3v) is 3.92. The van der Waals surface area contributed by atoms with Crippen LogP contribution in [0.5, 0.6) is 17.2 Å². The maximum absolute atomic E-state index is 14.3. The van der Waals surface area contributed by atoms with Gasteiger partial charge < -0.3 is 20.1 Å². The highest BCUT2D eigenvalue weighted by molar-refractivity contribution is 5.93. The molecule has 7 heteroatoms. The van der Waals surface area contributed by atoms with Gasteiger partial charge in [-0.1, -0.05) is 12.1 Å². The Labute approximate surface area is 151 Å². The predicted octanol–water partition coefficient (Wildman–Crippen LogP) is 3.60. The fraction of sp³-hybridized carbons (Fsp3) is 0.278. The van der Waals surface area contributed by atoms with Gasteiger partial charge in [-0.05, 0) is 37.2 Å². The largest absolute Gasteiger partial charge is 0.493 e. The topological polar surface area (TPSA) is 59.6 Å². The Morgan fingerprint density at radius 1 is 1.20 bits per heavy atom. The van der Waals surface area contributed by atoms with E-state index in [4.69, 9.17) is 9.47 Å². The first-order chi connectivity index (χ1) is 11.7. The molecule has 5 nitrogen and oxygen atoms in total. The van der Waals surface area contributed by atoms with Crippen molar-refractivity contribution in [1.82, 2.24) is 5.32 Å². The zero-order valence-corrected chi connectivity index (χ0v) is 14.6. The van der Waals surface area contributed by atoms with Gasteiger partial charge in [0.2, 0.25) is 5.91 Å². The number of anilines is 1. The Kier molecular flexibility index (Phi) is 6.61. The molecule has 0 aliphatic carbocycles. The first-order valence-electron chi connectivity index (χ1n) is 7.79. The van der Waals surface area contributed by atoms with Gasteiger partial charge >= 0.3 is 0 Å². The molecule has 1 aliphatic rings. The average Bonchev–Trinajstić information content (AvgIpc) is 3.12. The standard InChI is InChI=1S/C18H19FN2O3.ClH/c1-23-16-4-2-3-5-17(16)24-15-7-6-13(10-14(15)19)21-18(22)12-8-9-20-11-12;/h2-7,10,12,20H,8-9,11H2,1H3,(H,21,22);1H. The van der Waals surface area contributed by atoms with Crippen LogP contribution in [0, 0.1) is 11.7 Å². The lowest BCUT2D eigenvalue weighted by atomic mass is 10.1. The van der Waals surface area contributed by atoms with Crippen molar-refractivity contribution in [2.24, 2.45) is 5.92 Å². The molecule has 0 radical (unpaired) electrons. The smallest absolute Gasteiger partial charge is 0.228 e. The molecule has 0 bridgehead atoms. The summed E-state index contributed by atoms with van der Waals surface area (Å²) >= 11 is 0. The number of carbonyl (C=O) groups is 1. The SMILES string of the molecule is COc1ccccc1Oc1ccc(NC(=O)C2CCNC2)cc1F.Cl. The Bertz CT molecular complexity index is 736. The predicted molar refractivity (Wildman–Crippen MR) is 96.3 cm³/mol. The van der Waals surface area contributed by atoms with Crippen LogP contribution in [0.3, 0.4) is 0 Å². The van der Waals surface area contributed by atoms with Crippen molar-refractivity contribution in [1.29, 1.82) is 0 Å². The molecule has 1 fully saturated rings. The van der Waals surface area contributed by atoms with Gasteiger partial charge in [-0.15, -0.1) is 12.4 Å². The van der Waals surface area contributed by atoms with E-state index in [1.807, 2.05) is 0 Å². The second-order valence-electron chi connectivity index (χ2n) is 5.58. The molecule has 2 aromatic carbocycles. The Hall–Kier alpha value is -2.31. The molecule has 25 heavy (non-hydrogen) atoms. The summed E-state index contributed by atoms with van der Waals surface area (Å²) in [5.41, 5.74) is 0.414. The van der Waals surface area contributed by atoms with Crippen molar-refractivity contribution in [3.8, 4) is 17.2 Å². The van der Waals surface area contributed by atoms with Gasteiger partial charge in [0.25, 0.3) is 0 Å². The third kappa shape index (κ3) is 4.61. The number of nitrogens with one attached hydrogen (secondary N) is 2. The van der Waals surface area contributed by atoms with E-state index in [0.717, 1.165) is 13.0 Å². The summed E-state index contributed by atoms with van der Waals surface area (Å²) in [4.78, 5) is 12.1. The number of methoxy groups -OCH3 is 1. The quantitative estimate of drug-likeness (QED) is 0.849. The average molecular weight is 367 g/mol. The van der Waals surface area contributed by atoms with Crippen molar-refractivity contribution >= 4 is 24.0 Å².